The van der Waals surface area contributed by atoms with Gasteiger partial charge in [-0.15, -0.1) is 0 Å². The number of piperidine rings is 1. The maximum absolute atomic E-state index is 12.2. The Kier molecular flexibility index (Phi) is 6.76. The van der Waals surface area contributed by atoms with E-state index in [1.807, 2.05) is 34.6 Å². The maximum atomic E-state index is 12.2. The first-order valence-corrected chi connectivity index (χ1v) is 6.93. The van der Waals surface area contributed by atoms with Gasteiger partial charge in [0.1, 0.15) is 0 Å². The van der Waals surface area contributed by atoms with Crippen molar-refractivity contribution >= 4 is 5.91 Å². The van der Waals surface area contributed by atoms with Crippen LogP contribution in [-0.4, -0.2) is 24.5 Å². The van der Waals surface area contributed by atoms with Crippen LogP contribution in [0.15, 0.2) is 0 Å². The fraction of sp³-hybridized carbons (Fsp3) is 0.929. The van der Waals surface area contributed by atoms with Crippen LogP contribution in [0.4, 0.5) is 0 Å². The zero-order valence-corrected chi connectivity index (χ0v) is 12.4. The first kappa shape index (κ1) is 16.4. The highest BCUT2D eigenvalue weighted by Crippen LogP contribution is 2.33. The van der Waals surface area contributed by atoms with Gasteiger partial charge in [0, 0.05) is 5.54 Å². The molecule has 0 aromatic carbocycles. The molecular weight excluding hydrogens is 212 g/mol. The second kappa shape index (κ2) is 7.00. The van der Waals surface area contributed by atoms with E-state index < -0.39 is 0 Å². The molecular formula is C14H30N2O. The molecule has 0 aromatic heterocycles. The Hall–Kier alpha value is -0.570. The molecule has 1 heterocycles. The monoisotopic (exact) mass is 242 g/mol. The molecule has 17 heavy (non-hydrogen) atoms. The minimum absolute atomic E-state index is 0.121. The van der Waals surface area contributed by atoms with Crippen LogP contribution in [-0.2, 0) is 4.79 Å². The molecule has 1 aliphatic heterocycles. The minimum atomic E-state index is -0.126. The molecule has 1 aliphatic rings. The summed E-state index contributed by atoms with van der Waals surface area (Å²) in [7, 11) is 0. The van der Waals surface area contributed by atoms with Crippen molar-refractivity contribution in [2.75, 3.05) is 13.1 Å². The Labute approximate surface area is 107 Å². The van der Waals surface area contributed by atoms with Crippen molar-refractivity contribution in [1.29, 1.82) is 0 Å². The van der Waals surface area contributed by atoms with Crippen LogP contribution < -0.4 is 10.6 Å². The molecule has 0 aromatic rings. The second-order valence-corrected chi connectivity index (χ2v) is 5.59. The molecule has 102 valence electrons. The molecule has 0 spiro atoms. The van der Waals surface area contributed by atoms with E-state index >= 15 is 0 Å². The number of hydrogen-bond acceptors (Lipinski definition) is 2. The summed E-state index contributed by atoms with van der Waals surface area (Å²) in [6.07, 6.45) is 2.87. The summed E-state index contributed by atoms with van der Waals surface area (Å²) in [5.41, 5.74) is -0.247. The summed E-state index contributed by atoms with van der Waals surface area (Å²) >= 11 is 0. The van der Waals surface area contributed by atoms with Gasteiger partial charge in [0.05, 0.1) is 5.41 Å². The maximum Gasteiger partial charge on any atom is 0.226 e. The van der Waals surface area contributed by atoms with E-state index in [0.717, 1.165) is 32.4 Å². The van der Waals surface area contributed by atoms with Crippen molar-refractivity contribution in [3.05, 3.63) is 0 Å². The summed E-state index contributed by atoms with van der Waals surface area (Å²) in [5, 5.41) is 6.43. The van der Waals surface area contributed by atoms with Crippen molar-refractivity contribution in [2.45, 2.75) is 66.3 Å². The van der Waals surface area contributed by atoms with Gasteiger partial charge in [0.15, 0.2) is 0 Å². The zero-order chi connectivity index (χ0) is 13.5. The van der Waals surface area contributed by atoms with Crippen LogP contribution in [0.2, 0.25) is 0 Å². The quantitative estimate of drug-likeness (QED) is 0.781. The number of hydrogen-bond donors (Lipinski definition) is 2. The van der Waals surface area contributed by atoms with Crippen molar-refractivity contribution < 1.29 is 4.79 Å². The third-order valence-corrected chi connectivity index (χ3v) is 3.21. The van der Waals surface area contributed by atoms with Gasteiger partial charge in [-0.05, 0) is 53.1 Å². The lowest BCUT2D eigenvalue weighted by Crippen LogP contribution is -2.52. The van der Waals surface area contributed by atoms with Gasteiger partial charge in [0.25, 0.3) is 0 Å². The normalized spacial score (nSPS) is 18.9. The smallest absolute Gasteiger partial charge is 0.226 e. The molecule has 2 N–H and O–H groups in total. The van der Waals surface area contributed by atoms with Crippen LogP contribution in [0, 0.1) is 5.41 Å². The lowest BCUT2D eigenvalue weighted by molar-refractivity contribution is -0.134. The van der Waals surface area contributed by atoms with E-state index in [0.29, 0.717) is 0 Å². The Balaban J connectivity index is 0.00000121. The van der Waals surface area contributed by atoms with Crippen LogP contribution in [0.1, 0.15) is 60.8 Å². The molecule has 0 bridgehead atoms. The van der Waals surface area contributed by atoms with Crippen LogP contribution in [0.5, 0.6) is 0 Å². The van der Waals surface area contributed by atoms with Gasteiger partial charge in [-0.3, -0.25) is 4.79 Å². The first-order valence-electron chi connectivity index (χ1n) is 6.93. The predicted octanol–water partition coefficient (Wildman–Crippen LogP) is 2.71. The van der Waals surface area contributed by atoms with Gasteiger partial charge in [-0.2, -0.15) is 0 Å². The summed E-state index contributed by atoms with van der Waals surface area (Å²) < 4.78 is 0. The third kappa shape index (κ3) is 5.07. The van der Waals surface area contributed by atoms with E-state index in [2.05, 4.69) is 17.6 Å². The van der Waals surface area contributed by atoms with Gasteiger partial charge in [0.2, 0.25) is 5.91 Å². The zero-order valence-electron chi connectivity index (χ0n) is 12.4. The lowest BCUT2D eigenvalue weighted by atomic mass is 9.75. The number of nitrogens with one attached hydrogen (secondary N) is 2. The number of carbonyl (C=O) groups excluding carboxylic acids is 1. The molecule has 0 unspecified atom stereocenters. The van der Waals surface area contributed by atoms with Gasteiger partial charge in [-0.1, -0.05) is 20.8 Å². The summed E-state index contributed by atoms with van der Waals surface area (Å²) in [6, 6.07) is 0. The Bertz CT molecular complexity index is 225. The summed E-state index contributed by atoms with van der Waals surface area (Å²) in [6.45, 7) is 14.2. The molecule has 3 nitrogen and oxygen atoms in total. The fourth-order valence-corrected chi connectivity index (χ4v) is 2.12. The molecule has 0 atom stereocenters. The summed E-state index contributed by atoms with van der Waals surface area (Å²) in [5.74, 6) is 0.235. The highest BCUT2D eigenvalue weighted by atomic mass is 16.2. The molecule has 1 fully saturated rings. The Morgan fingerprint density at radius 2 is 1.71 bits per heavy atom. The van der Waals surface area contributed by atoms with E-state index in [-0.39, 0.29) is 16.9 Å². The molecule has 0 saturated carbocycles. The van der Waals surface area contributed by atoms with Crippen LogP contribution in [0.3, 0.4) is 0 Å². The Morgan fingerprint density at radius 3 is 2.06 bits per heavy atom. The average molecular weight is 242 g/mol. The van der Waals surface area contributed by atoms with Crippen molar-refractivity contribution in [1.82, 2.24) is 10.6 Å². The van der Waals surface area contributed by atoms with Gasteiger partial charge in [-0.25, -0.2) is 0 Å². The van der Waals surface area contributed by atoms with E-state index in [4.69, 9.17) is 0 Å². The molecule has 0 aliphatic carbocycles. The highest BCUT2D eigenvalue weighted by Gasteiger charge is 2.38. The standard InChI is InChI=1S/C12H24N2O.C2H6/c1-5-12(6-8-13-9-7-12)10(15)14-11(2,3)4;1-2/h13H,5-9H2,1-4H3,(H,14,15);1-2H3. The second-order valence-electron chi connectivity index (χ2n) is 5.59. The number of carbonyl (C=O) groups is 1. The molecule has 1 saturated heterocycles. The average Bonchev–Trinajstić information content (AvgIpc) is 2.30. The number of rotatable bonds is 2. The lowest BCUT2D eigenvalue weighted by Gasteiger charge is -2.37. The third-order valence-electron chi connectivity index (χ3n) is 3.21. The molecule has 1 amide bonds. The topological polar surface area (TPSA) is 41.1 Å². The number of amides is 1. The van der Waals surface area contributed by atoms with E-state index in [1.165, 1.54) is 0 Å². The fourth-order valence-electron chi connectivity index (χ4n) is 2.12. The molecule has 3 heteroatoms. The van der Waals surface area contributed by atoms with Crippen molar-refractivity contribution in [2.24, 2.45) is 5.41 Å². The molecule has 1 rings (SSSR count). The molecule has 0 radical (unpaired) electrons. The predicted molar refractivity (Wildman–Crippen MR) is 74.1 cm³/mol. The minimum Gasteiger partial charge on any atom is -0.351 e. The van der Waals surface area contributed by atoms with Crippen molar-refractivity contribution in [3.8, 4) is 0 Å². The van der Waals surface area contributed by atoms with Crippen LogP contribution >= 0.6 is 0 Å². The SMILES string of the molecule is CC.CCC1(C(=O)NC(C)(C)C)CCNCC1. The van der Waals surface area contributed by atoms with E-state index in [1.54, 1.807) is 0 Å². The van der Waals surface area contributed by atoms with E-state index in [9.17, 15) is 4.79 Å². The Morgan fingerprint density at radius 1 is 1.24 bits per heavy atom. The largest absolute Gasteiger partial charge is 0.351 e. The van der Waals surface area contributed by atoms with Gasteiger partial charge >= 0.3 is 0 Å². The van der Waals surface area contributed by atoms with Crippen molar-refractivity contribution in [3.63, 3.8) is 0 Å². The van der Waals surface area contributed by atoms with Gasteiger partial charge < -0.3 is 10.6 Å². The highest BCUT2D eigenvalue weighted by molar-refractivity contribution is 5.83. The first-order chi connectivity index (χ1) is 7.90. The van der Waals surface area contributed by atoms with Crippen LogP contribution in [0.25, 0.3) is 0 Å². The summed E-state index contributed by atoms with van der Waals surface area (Å²) in [4.78, 5) is 12.2.